The van der Waals surface area contributed by atoms with Gasteiger partial charge in [0.25, 0.3) is 0 Å². The molecule has 0 amide bonds. The molecule has 0 spiro atoms. The molecule has 0 bridgehead atoms. The lowest BCUT2D eigenvalue weighted by Gasteiger charge is -2.16. The second kappa shape index (κ2) is 5.34. The van der Waals surface area contributed by atoms with Crippen molar-refractivity contribution in [3.8, 4) is 5.75 Å². The molecule has 1 aromatic carbocycles. The van der Waals surface area contributed by atoms with E-state index >= 15 is 0 Å². The fourth-order valence-electron chi connectivity index (χ4n) is 2.25. The minimum Gasteiger partial charge on any atom is -0.460 e. The Morgan fingerprint density at radius 3 is 2.80 bits per heavy atom. The number of aromatic nitrogens is 1. The van der Waals surface area contributed by atoms with Gasteiger partial charge >= 0.3 is 0 Å². The van der Waals surface area contributed by atoms with Crippen molar-refractivity contribution in [3.63, 3.8) is 0 Å². The molecule has 1 saturated heterocycles. The first-order valence-electron chi connectivity index (χ1n) is 6.16. The maximum absolute atomic E-state index is 9.85. The molecular formula is C13H14BrNO5. The molecule has 0 radical (unpaired) electrons. The van der Waals surface area contributed by atoms with E-state index in [9.17, 15) is 10.2 Å². The first-order chi connectivity index (χ1) is 9.60. The average Bonchev–Trinajstić information content (AvgIpc) is 2.95. The number of aliphatic hydroxyl groups is 3. The molecule has 108 valence electrons. The Bertz CT molecular complexity index is 616. The number of benzene rings is 1. The van der Waals surface area contributed by atoms with E-state index in [0.717, 1.165) is 15.4 Å². The van der Waals surface area contributed by atoms with Crippen molar-refractivity contribution in [2.75, 3.05) is 6.61 Å². The SMILES string of the molecule is OC[C@@H]1O[C@@H](Oc2c[nH]c3ccc(Br)cc23)[C@H](O)[C@H]1O. The molecule has 4 atom stereocenters. The van der Waals surface area contributed by atoms with Crippen molar-refractivity contribution in [2.45, 2.75) is 24.6 Å². The topological polar surface area (TPSA) is 94.9 Å². The van der Waals surface area contributed by atoms with Crippen LogP contribution in [0.15, 0.2) is 28.9 Å². The van der Waals surface area contributed by atoms with Gasteiger partial charge in [-0.25, -0.2) is 0 Å². The Kier molecular flexibility index (Phi) is 3.70. The molecule has 3 rings (SSSR count). The standard InChI is InChI=1S/C13H14BrNO5/c14-6-1-2-8-7(3-6)9(4-15-8)19-13-12(18)11(17)10(5-16)20-13/h1-4,10-13,15-18H,5H2/t10-,11-,12+,13+/m0/s1. The molecule has 0 saturated carbocycles. The van der Waals surface area contributed by atoms with Gasteiger partial charge in [-0.3, -0.25) is 0 Å². The number of fused-ring (bicyclic) bond motifs is 1. The monoisotopic (exact) mass is 343 g/mol. The minimum absolute atomic E-state index is 0.377. The van der Waals surface area contributed by atoms with Gasteiger partial charge in [0.05, 0.1) is 6.61 Å². The highest BCUT2D eigenvalue weighted by molar-refractivity contribution is 9.10. The summed E-state index contributed by atoms with van der Waals surface area (Å²) in [7, 11) is 0. The van der Waals surface area contributed by atoms with Crippen molar-refractivity contribution in [3.05, 3.63) is 28.9 Å². The molecule has 7 heteroatoms. The third-order valence-electron chi connectivity index (χ3n) is 3.35. The summed E-state index contributed by atoms with van der Waals surface area (Å²) in [5.41, 5.74) is 0.884. The quantitative estimate of drug-likeness (QED) is 0.659. The van der Waals surface area contributed by atoms with Gasteiger partial charge in [0.1, 0.15) is 24.1 Å². The fourth-order valence-corrected chi connectivity index (χ4v) is 2.61. The van der Waals surface area contributed by atoms with Gasteiger partial charge in [-0.15, -0.1) is 0 Å². The second-order valence-electron chi connectivity index (χ2n) is 4.67. The zero-order valence-electron chi connectivity index (χ0n) is 10.4. The van der Waals surface area contributed by atoms with E-state index in [4.69, 9.17) is 14.6 Å². The molecule has 0 unspecified atom stereocenters. The maximum Gasteiger partial charge on any atom is 0.229 e. The number of aromatic amines is 1. The van der Waals surface area contributed by atoms with Gasteiger partial charge in [-0.05, 0) is 18.2 Å². The minimum atomic E-state index is -1.20. The van der Waals surface area contributed by atoms with Gasteiger partial charge in [0, 0.05) is 21.6 Å². The lowest BCUT2D eigenvalue weighted by molar-refractivity contribution is -0.115. The predicted molar refractivity (Wildman–Crippen MR) is 74.4 cm³/mol. The van der Waals surface area contributed by atoms with Gasteiger partial charge in [0.2, 0.25) is 6.29 Å². The van der Waals surface area contributed by atoms with E-state index in [1.807, 2.05) is 18.2 Å². The highest BCUT2D eigenvalue weighted by Crippen LogP contribution is 2.31. The van der Waals surface area contributed by atoms with Crippen LogP contribution in [0.5, 0.6) is 5.75 Å². The lowest BCUT2D eigenvalue weighted by Crippen LogP contribution is -2.35. The summed E-state index contributed by atoms with van der Waals surface area (Å²) >= 11 is 3.38. The van der Waals surface area contributed by atoms with Gasteiger partial charge < -0.3 is 29.8 Å². The first-order valence-corrected chi connectivity index (χ1v) is 6.95. The predicted octanol–water partition coefficient (Wildman–Crippen LogP) is 0.748. The largest absolute Gasteiger partial charge is 0.460 e. The molecule has 1 aliphatic rings. The summed E-state index contributed by atoms with van der Waals surface area (Å²) in [6.45, 7) is -0.377. The van der Waals surface area contributed by atoms with Crippen LogP contribution in [0.3, 0.4) is 0 Å². The first kappa shape index (κ1) is 13.8. The number of rotatable bonds is 3. The van der Waals surface area contributed by atoms with Gasteiger partial charge in [-0.2, -0.15) is 0 Å². The molecule has 6 nitrogen and oxygen atoms in total. The number of halogens is 1. The highest BCUT2D eigenvalue weighted by Gasteiger charge is 2.44. The third kappa shape index (κ3) is 2.32. The molecule has 1 fully saturated rings. The van der Waals surface area contributed by atoms with E-state index in [0.29, 0.717) is 5.75 Å². The van der Waals surface area contributed by atoms with Crippen molar-refractivity contribution in [1.29, 1.82) is 0 Å². The normalized spacial score (nSPS) is 30.0. The van der Waals surface area contributed by atoms with Crippen molar-refractivity contribution < 1.29 is 24.8 Å². The van der Waals surface area contributed by atoms with Crippen LogP contribution >= 0.6 is 15.9 Å². The Hall–Kier alpha value is -1.12. The highest BCUT2D eigenvalue weighted by atomic mass is 79.9. The van der Waals surface area contributed by atoms with Crippen LogP contribution in [0.25, 0.3) is 10.9 Å². The summed E-state index contributed by atoms with van der Waals surface area (Å²) < 4.78 is 11.8. The van der Waals surface area contributed by atoms with Crippen LogP contribution < -0.4 is 4.74 Å². The molecule has 2 heterocycles. The molecule has 20 heavy (non-hydrogen) atoms. The Morgan fingerprint density at radius 2 is 2.10 bits per heavy atom. The lowest BCUT2D eigenvalue weighted by atomic mass is 10.1. The van der Waals surface area contributed by atoms with Crippen LogP contribution in [-0.2, 0) is 4.74 Å². The Morgan fingerprint density at radius 1 is 1.30 bits per heavy atom. The number of hydrogen-bond acceptors (Lipinski definition) is 5. The zero-order valence-corrected chi connectivity index (χ0v) is 11.9. The van der Waals surface area contributed by atoms with Crippen LogP contribution in [-0.4, -0.2) is 51.5 Å². The maximum atomic E-state index is 9.85. The van der Waals surface area contributed by atoms with Crippen LogP contribution in [0.2, 0.25) is 0 Å². The van der Waals surface area contributed by atoms with E-state index in [1.54, 1.807) is 6.20 Å². The fraction of sp³-hybridized carbons (Fsp3) is 0.385. The van der Waals surface area contributed by atoms with E-state index in [2.05, 4.69) is 20.9 Å². The Balaban J connectivity index is 1.85. The Labute approximate surface area is 123 Å². The number of ether oxygens (including phenoxy) is 2. The van der Waals surface area contributed by atoms with Gasteiger partial charge in [-0.1, -0.05) is 15.9 Å². The summed E-state index contributed by atoms with van der Waals surface area (Å²) in [5, 5.41) is 29.4. The number of aliphatic hydroxyl groups excluding tert-OH is 3. The molecule has 2 aromatic rings. The van der Waals surface area contributed by atoms with Crippen molar-refractivity contribution in [1.82, 2.24) is 4.98 Å². The van der Waals surface area contributed by atoms with Crippen LogP contribution in [0.4, 0.5) is 0 Å². The van der Waals surface area contributed by atoms with Gasteiger partial charge in [0.15, 0.2) is 0 Å². The number of nitrogens with one attached hydrogen (secondary N) is 1. The summed E-state index contributed by atoms with van der Waals surface area (Å²) in [5.74, 6) is 0.510. The number of H-pyrrole nitrogens is 1. The summed E-state index contributed by atoms with van der Waals surface area (Å²) in [6, 6.07) is 5.67. The zero-order chi connectivity index (χ0) is 14.3. The van der Waals surface area contributed by atoms with Crippen LogP contribution in [0.1, 0.15) is 0 Å². The molecule has 1 aromatic heterocycles. The second-order valence-corrected chi connectivity index (χ2v) is 5.58. The number of hydrogen-bond donors (Lipinski definition) is 4. The van der Waals surface area contributed by atoms with E-state index in [-0.39, 0.29) is 6.61 Å². The van der Waals surface area contributed by atoms with E-state index in [1.165, 1.54) is 0 Å². The summed E-state index contributed by atoms with van der Waals surface area (Å²) in [6.07, 6.45) is -2.57. The third-order valence-corrected chi connectivity index (χ3v) is 3.84. The van der Waals surface area contributed by atoms with Crippen molar-refractivity contribution in [2.24, 2.45) is 0 Å². The van der Waals surface area contributed by atoms with E-state index < -0.39 is 24.6 Å². The molecule has 0 aliphatic carbocycles. The summed E-state index contributed by atoms with van der Waals surface area (Å²) in [4.78, 5) is 3.05. The van der Waals surface area contributed by atoms with Crippen LogP contribution in [0, 0.1) is 0 Å². The van der Waals surface area contributed by atoms with Crippen molar-refractivity contribution >= 4 is 26.8 Å². The smallest absolute Gasteiger partial charge is 0.229 e. The average molecular weight is 344 g/mol. The molecule has 1 aliphatic heterocycles. The molecular weight excluding hydrogens is 330 g/mol. The molecule has 4 N–H and O–H groups in total.